The van der Waals surface area contributed by atoms with Crippen LogP contribution in [0.1, 0.15) is 22.3 Å². The van der Waals surface area contributed by atoms with E-state index in [-0.39, 0.29) is 0 Å². The fourth-order valence-corrected chi connectivity index (χ4v) is 11.7. The number of benzene rings is 12. The molecule has 2 aliphatic rings. The van der Waals surface area contributed by atoms with Gasteiger partial charge in [-0.25, -0.2) is 0 Å². The third-order valence-corrected chi connectivity index (χ3v) is 14.0. The summed E-state index contributed by atoms with van der Waals surface area (Å²) in [5.74, 6) is 0. The van der Waals surface area contributed by atoms with Crippen molar-refractivity contribution in [3.8, 4) is 44.5 Å². The van der Waals surface area contributed by atoms with Gasteiger partial charge in [0.1, 0.15) is 0 Å². The zero-order valence-electron chi connectivity index (χ0n) is 32.1. The van der Waals surface area contributed by atoms with Crippen LogP contribution in [0, 0.1) is 0 Å². The summed E-state index contributed by atoms with van der Waals surface area (Å²) < 4.78 is 0. The van der Waals surface area contributed by atoms with Gasteiger partial charge in [-0.2, -0.15) is 0 Å². The Morgan fingerprint density at radius 1 is 0.254 bits per heavy atom. The highest BCUT2D eigenvalue weighted by Crippen LogP contribution is 2.67. The number of fused-ring (bicyclic) bond motifs is 17. The molecule has 0 atom stereocenters. The van der Waals surface area contributed by atoms with Crippen molar-refractivity contribution in [3.63, 3.8) is 0 Å². The van der Waals surface area contributed by atoms with Crippen LogP contribution in [0.15, 0.2) is 206 Å². The summed E-state index contributed by atoms with van der Waals surface area (Å²) in [6, 6.07) is 78.1. The average Bonchev–Trinajstić information content (AvgIpc) is 3.78. The average molecular weight is 743 g/mol. The van der Waals surface area contributed by atoms with Crippen molar-refractivity contribution in [2.75, 3.05) is 0 Å². The molecular formula is C59H34. The van der Waals surface area contributed by atoms with E-state index >= 15 is 0 Å². The largest absolute Gasteiger partial charge is 0.0737 e. The van der Waals surface area contributed by atoms with Gasteiger partial charge in [0.05, 0.1) is 5.41 Å². The summed E-state index contributed by atoms with van der Waals surface area (Å²) in [4.78, 5) is 0. The van der Waals surface area contributed by atoms with Crippen LogP contribution in [0.4, 0.5) is 0 Å². The molecule has 0 amide bonds. The maximum atomic E-state index is 2.54. The summed E-state index contributed by atoms with van der Waals surface area (Å²) in [6.07, 6.45) is 0. The van der Waals surface area contributed by atoms with Crippen LogP contribution in [0.2, 0.25) is 0 Å². The van der Waals surface area contributed by atoms with E-state index in [1.54, 1.807) is 0 Å². The van der Waals surface area contributed by atoms with Crippen molar-refractivity contribution in [2.24, 2.45) is 0 Å². The van der Waals surface area contributed by atoms with E-state index < -0.39 is 5.41 Å². The van der Waals surface area contributed by atoms with Crippen LogP contribution in [0.25, 0.3) is 109 Å². The lowest BCUT2D eigenvalue weighted by Crippen LogP contribution is -2.26. The molecule has 0 unspecified atom stereocenters. The molecule has 0 saturated heterocycles. The molecule has 59 heavy (non-hydrogen) atoms. The summed E-state index contributed by atoms with van der Waals surface area (Å²) in [5, 5.41) is 15.7. The summed E-state index contributed by atoms with van der Waals surface area (Å²) in [5.41, 5.74) is 15.4. The predicted molar refractivity (Wildman–Crippen MR) is 250 cm³/mol. The molecule has 0 aromatic heterocycles. The van der Waals surface area contributed by atoms with E-state index in [1.807, 2.05) is 0 Å². The van der Waals surface area contributed by atoms with Gasteiger partial charge in [-0.3, -0.25) is 0 Å². The molecule has 0 aliphatic heterocycles. The quantitative estimate of drug-likeness (QED) is 0.155. The molecular weight excluding hydrogens is 709 g/mol. The highest BCUT2D eigenvalue weighted by molar-refractivity contribution is 6.26. The van der Waals surface area contributed by atoms with Crippen molar-refractivity contribution >= 4 is 64.6 Å². The lowest BCUT2D eigenvalue weighted by Gasteiger charge is -2.33. The zero-order chi connectivity index (χ0) is 38.4. The minimum atomic E-state index is -0.488. The first-order valence-corrected chi connectivity index (χ1v) is 20.8. The molecule has 0 heterocycles. The molecule has 0 heteroatoms. The molecule has 12 aromatic rings. The molecule has 2 aliphatic carbocycles. The Kier molecular flexibility index (Phi) is 6.05. The normalized spacial score (nSPS) is 13.6. The number of hydrogen-bond acceptors (Lipinski definition) is 0. The second-order valence-electron chi connectivity index (χ2n) is 16.6. The second kappa shape index (κ2) is 11.3. The summed E-state index contributed by atoms with van der Waals surface area (Å²) in [7, 11) is 0. The Hall–Kier alpha value is -7.54. The van der Waals surface area contributed by atoms with E-state index in [9.17, 15) is 0 Å². The minimum absolute atomic E-state index is 0.488. The topological polar surface area (TPSA) is 0 Å². The van der Waals surface area contributed by atoms with E-state index in [4.69, 9.17) is 0 Å². The molecule has 0 nitrogen and oxygen atoms in total. The molecule has 0 saturated carbocycles. The molecule has 14 rings (SSSR count). The van der Waals surface area contributed by atoms with Gasteiger partial charge in [0.25, 0.3) is 0 Å². The van der Waals surface area contributed by atoms with Crippen molar-refractivity contribution in [1.82, 2.24) is 0 Å². The van der Waals surface area contributed by atoms with E-state index in [1.165, 1.54) is 131 Å². The number of rotatable bonds is 2. The molecule has 270 valence electrons. The van der Waals surface area contributed by atoms with Gasteiger partial charge in [0, 0.05) is 0 Å². The first-order chi connectivity index (χ1) is 29.3. The summed E-state index contributed by atoms with van der Waals surface area (Å²) >= 11 is 0. The van der Waals surface area contributed by atoms with Crippen LogP contribution >= 0.6 is 0 Å². The lowest BCUT2D eigenvalue weighted by atomic mass is 9.68. The molecule has 12 aromatic carbocycles. The van der Waals surface area contributed by atoms with Gasteiger partial charge in [-0.05, 0) is 137 Å². The van der Waals surface area contributed by atoms with Crippen LogP contribution in [0.3, 0.4) is 0 Å². The van der Waals surface area contributed by atoms with Crippen molar-refractivity contribution in [2.45, 2.75) is 5.41 Å². The second-order valence-corrected chi connectivity index (χ2v) is 16.6. The predicted octanol–water partition coefficient (Wildman–Crippen LogP) is 15.7. The number of hydrogen-bond donors (Lipinski definition) is 0. The first kappa shape index (κ1) is 31.5. The van der Waals surface area contributed by atoms with Crippen LogP contribution < -0.4 is 0 Å². The fourth-order valence-electron chi connectivity index (χ4n) is 11.7. The van der Waals surface area contributed by atoms with Gasteiger partial charge < -0.3 is 0 Å². The Bertz CT molecular complexity index is 3710. The Morgan fingerprint density at radius 2 is 0.746 bits per heavy atom. The molecule has 1 spiro atoms. The third kappa shape index (κ3) is 3.89. The highest BCUT2D eigenvalue weighted by Gasteiger charge is 2.54. The van der Waals surface area contributed by atoms with Crippen molar-refractivity contribution < 1.29 is 0 Å². The fraction of sp³-hybridized carbons (Fsp3) is 0.0169. The van der Waals surface area contributed by atoms with Gasteiger partial charge in [0.2, 0.25) is 0 Å². The molecule has 0 radical (unpaired) electrons. The standard InChI is InChI=1S/C59H34/c1-4-19-46-41(14-1)42-15-2-6-21-49(42)58-56(46)51-34-50(43-16-3-5-20-48(43)57(51)59(58)52-22-9-7-17-44(52)45-18-8-10-23-53(45)59)36-26-24-35(25-27-36)40-32-30-39-29-28-37-12-11-13-38-31-33-47(40)55(39)54(37)38/h1-34H. The minimum Gasteiger partial charge on any atom is -0.0619 e. The van der Waals surface area contributed by atoms with Crippen molar-refractivity contribution in [1.29, 1.82) is 0 Å². The van der Waals surface area contributed by atoms with Gasteiger partial charge in [-0.15, -0.1) is 0 Å². The third-order valence-electron chi connectivity index (χ3n) is 14.0. The molecule has 0 N–H and O–H groups in total. The Labute approximate surface area is 341 Å². The smallest absolute Gasteiger partial charge is 0.0619 e. The SMILES string of the molecule is c1ccc2c(c1)-c1ccccc1C21c2c(cc(-c3ccc(-c4ccc5ccc6cccc7ccc4c5c67)cc3)c3ccccc23)-c2c1c1ccccc1c1ccccc21. The van der Waals surface area contributed by atoms with Gasteiger partial charge in [-0.1, -0.05) is 200 Å². The van der Waals surface area contributed by atoms with E-state index in [0.29, 0.717) is 0 Å². The lowest BCUT2D eigenvalue weighted by molar-refractivity contribution is 0.809. The Morgan fingerprint density at radius 3 is 1.42 bits per heavy atom. The maximum absolute atomic E-state index is 2.54. The molecule has 0 fully saturated rings. The maximum Gasteiger partial charge on any atom is 0.0737 e. The summed E-state index contributed by atoms with van der Waals surface area (Å²) in [6.45, 7) is 0. The van der Waals surface area contributed by atoms with E-state index in [2.05, 4.69) is 206 Å². The highest BCUT2D eigenvalue weighted by atomic mass is 14.5. The van der Waals surface area contributed by atoms with Crippen molar-refractivity contribution in [3.05, 3.63) is 229 Å². The van der Waals surface area contributed by atoms with Gasteiger partial charge >= 0.3 is 0 Å². The first-order valence-electron chi connectivity index (χ1n) is 20.8. The van der Waals surface area contributed by atoms with E-state index in [0.717, 1.165) is 0 Å². The van der Waals surface area contributed by atoms with Crippen LogP contribution in [0.5, 0.6) is 0 Å². The monoisotopic (exact) mass is 742 g/mol. The van der Waals surface area contributed by atoms with Gasteiger partial charge in [0.15, 0.2) is 0 Å². The molecule has 0 bridgehead atoms. The Balaban J connectivity index is 1.07. The zero-order valence-corrected chi connectivity index (χ0v) is 32.1. The van der Waals surface area contributed by atoms with Crippen LogP contribution in [-0.4, -0.2) is 0 Å². The van der Waals surface area contributed by atoms with Crippen LogP contribution in [-0.2, 0) is 5.41 Å².